The second-order valence-corrected chi connectivity index (χ2v) is 4.03. The molecule has 1 aromatic heterocycles. The van der Waals surface area contributed by atoms with Crippen LogP contribution >= 0.6 is 0 Å². The molecule has 10 heteroatoms. The van der Waals surface area contributed by atoms with Crippen LogP contribution < -0.4 is 4.98 Å². The molecule has 114 valence electrons. The lowest BCUT2D eigenvalue weighted by molar-refractivity contribution is -0.921. The van der Waals surface area contributed by atoms with Crippen molar-refractivity contribution in [2.75, 3.05) is 26.2 Å². The summed E-state index contributed by atoms with van der Waals surface area (Å²) < 4.78 is 1.28. The maximum absolute atomic E-state index is 9.85. The van der Waals surface area contributed by atoms with Gasteiger partial charge in [-0.3, -0.25) is 0 Å². The van der Waals surface area contributed by atoms with Gasteiger partial charge in [0.15, 0.2) is 0 Å². The Morgan fingerprint density at radius 3 is 1.30 bits per heavy atom. The molecule has 0 amide bonds. The molecule has 0 saturated carbocycles. The molecule has 10 nitrogen and oxygen atoms in total. The normalized spacial score (nSPS) is 10.6. The van der Waals surface area contributed by atoms with Gasteiger partial charge in [-0.15, -0.1) is 0 Å². The van der Waals surface area contributed by atoms with E-state index in [4.69, 9.17) is 0 Å². The maximum atomic E-state index is 9.85. The third-order valence-corrected chi connectivity index (χ3v) is 3.44. The SMILES string of the molecule is CC[N+](CC)(CC)CC.O=[N+]([O-])c1nnc([N+](=O)[O-])[n-]1. The lowest BCUT2D eigenvalue weighted by atomic mass is 10.3. The van der Waals surface area contributed by atoms with Crippen molar-refractivity contribution < 1.29 is 14.3 Å². The third kappa shape index (κ3) is 4.88. The van der Waals surface area contributed by atoms with E-state index in [0.29, 0.717) is 0 Å². The molecule has 0 unspecified atom stereocenters. The Labute approximate surface area is 116 Å². The van der Waals surface area contributed by atoms with Gasteiger partial charge in [-0.2, -0.15) is 0 Å². The molecule has 0 aliphatic heterocycles. The molecule has 0 bridgehead atoms. The summed E-state index contributed by atoms with van der Waals surface area (Å²) >= 11 is 0. The standard InChI is InChI=1S/C8H20N.C2N5O4/c1-5-9(6-2,7-3)8-4;8-6(9)1-3-2(5-4-1)7(10)11/h5-8H2,1-4H3;/q+1;-1. The van der Waals surface area contributed by atoms with E-state index in [0.717, 1.165) is 0 Å². The van der Waals surface area contributed by atoms with E-state index < -0.39 is 21.7 Å². The zero-order chi connectivity index (χ0) is 15.8. The molecule has 0 radical (unpaired) electrons. The van der Waals surface area contributed by atoms with Crippen LogP contribution in [0.3, 0.4) is 0 Å². The van der Waals surface area contributed by atoms with Crippen LogP contribution in [-0.4, -0.2) is 50.7 Å². The first-order valence-electron chi connectivity index (χ1n) is 6.37. The summed E-state index contributed by atoms with van der Waals surface area (Å²) in [5.74, 6) is -1.73. The number of nitro groups is 2. The van der Waals surface area contributed by atoms with Crippen molar-refractivity contribution in [3.05, 3.63) is 20.2 Å². The third-order valence-electron chi connectivity index (χ3n) is 3.44. The summed E-state index contributed by atoms with van der Waals surface area (Å²) in [7, 11) is 0. The highest BCUT2D eigenvalue weighted by Gasteiger charge is 2.16. The number of nitrogens with zero attached hydrogens (tertiary/aromatic N) is 6. The highest BCUT2D eigenvalue weighted by Crippen LogP contribution is 2.05. The molecule has 0 aliphatic rings. The van der Waals surface area contributed by atoms with Crippen LogP contribution in [0.25, 0.3) is 0 Å². The van der Waals surface area contributed by atoms with E-state index in [1.54, 1.807) is 0 Å². The Bertz CT molecular complexity index is 397. The Hall–Kier alpha value is -2.10. The molecular formula is C10H20N6O4. The predicted molar refractivity (Wildman–Crippen MR) is 71.1 cm³/mol. The average molecular weight is 288 g/mol. The fraction of sp³-hybridized carbons (Fsp3) is 0.800. The zero-order valence-corrected chi connectivity index (χ0v) is 12.1. The second kappa shape index (κ2) is 8.15. The molecular weight excluding hydrogens is 268 g/mol. The fourth-order valence-corrected chi connectivity index (χ4v) is 1.72. The van der Waals surface area contributed by atoms with Crippen LogP contribution in [0.5, 0.6) is 0 Å². The van der Waals surface area contributed by atoms with Crippen LogP contribution in [0.4, 0.5) is 11.9 Å². The van der Waals surface area contributed by atoms with Crippen molar-refractivity contribution in [3.63, 3.8) is 0 Å². The van der Waals surface area contributed by atoms with E-state index in [-0.39, 0.29) is 0 Å². The molecule has 0 aliphatic carbocycles. The van der Waals surface area contributed by atoms with E-state index >= 15 is 0 Å². The van der Waals surface area contributed by atoms with Gasteiger partial charge in [0.25, 0.3) is 0 Å². The lowest BCUT2D eigenvalue weighted by Crippen LogP contribution is -2.47. The number of aromatic nitrogens is 3. The number of quaternary nitrogens is 1. The minimum Gasteiger partial charge on any atom is -0.417 e. The topological polar surface area (TPSA) is 126 Å². The van der Waals surface area contributed by atoms with Gasteiger partial charge < -0.3 is 24.7 Å². The predicted octanol–water partition coefficient (Wildman–Crippen LogP) is 1.13. The van der Waals surface area contributed by atoms with Crippen LogP contribution in [-0.2, 0) is 0 Å². The van der Waals surface area contributed by atoms with Crippen molar-refractivity contribution in [1.82, 2.24) is 15.2 Å². The maximum Gasteiger partial charge on any atom is 0.418 e. The van der Waals surface area contributed by atoms with Gasteiger partial charge in [0.1, 0.15) is 0 Å². The van der Waals surface area contributed by atoms with Gasteiger partial charge in [-0.05, 0) is 27.7 Å². The van der Waals surface area contributed by atoms with Crippen molar-refractivity contribution in [1.29, 1.82) is 0 Å². The number of hydrogen-bond acceptors (Lipinski definition) is 6. The first kappa shape index (κ1) is 17.9. The minimum absolute atomic E-state index is 0.864. The highest BCUT2D eigenvalue weighted by atomic mass is 16.6. The molecule has 0 fully saturated rings. The fourth-order valence-electron chi connectivity index (χ4n) is 1.72. The Kier molecular flexibility index (Phi) is 7.29. The van der Waals surface area contributed by atoms with Crippen molar-refractivity contribution in [3.8, 4) is 0 Å². The van der Waals surface area contributed by atoms with Gasteiger partial charge in [-0.25, -0.2) is 0 Å². The molecule has 1 rings (SSSR count). The molecule has 20 heavy (non-hydrogen) atoms. The zero-order valence-electron chi connectivity index (χ0n) is 12.1. The van der Waals surface area contributed by atoms with Gasteiger partial charge in [-0.1, -0.05) is 14.8 Å². The van der Waals surface area contributed by atoms with Crippen LogP contribution in [0.1, 0.15) is 27.7 Å². The van der Waals surface area contributed by atoms with E-state index in [2.05, 4.69) is 42.9 Å². The summed E-state index contributed by atoms with van der Waals surface area (Å²) in [6, 6.07) is 0. The van der Waals surface area contributed by atoms with Crippen LogP contribution in [0, 0.1) is 20.2 Å². The largest absolute Gasteiger partial charge is 0.418 e. The van der Waals surface area contributed by atoms with Gasteiger partial charge in [0.2, 0.25) is 0 Å². The summed E-state index contributed by atoms with van der Waals surface area (Å²) in [6.07, 6.45) is 0. The van der Waals surface area contributed by atoms with Gasteiger partial charge in [0.05, 0.1) is 26.2 Å². The molecule has 0 saturated heterocycles. The summed E-state index contributed by atoms with van der Waals surface area (Å²) in [5.41, 5.74) is 0. The summed E-state index contributed by atoms with van der Waals surface area (Å²) in [4.78, 5) is 20.7. The first-order valence-corrected chi connectivity index (χ1v) is 6.37. The number of hydrogen-bond donors (Lipinski definition) is 0. The van der Waals surface area contributed by atoms with Crippen LogP contribution in [0.2, 0.25) is 0 Å². The summed E-state index contributed by atoms with van der Waals surface area (Å²) in [5, 5.41) is 25.4. The Morgan fingerprint density at radius 2 is 1.20 bits per heavy atom. The first-order chi connectivity index (χ1) is 9.35. The second-order valence-electron chi connectivity index (χ2n) is 4.03. The molecule has 0 spiro atoms. The molecule has 0 atom stereocenters. The van der Waals surface area contributed by atoms with Crippen molar-refractivity contribution in [2.24, 2.45) is 0 Å². The van der Waals surface area contributed by atoms with Gasteiger partial charge >= 0.3 is 11.9 Å². The van der Waals surface area contributed by atoms with E-state index in [1.165, 1.54) is 30.7 Å². The Balaban J connectivity index is 0.000000370. The van der Waals surface area contributed by atoms with Crippen molar-refractivity contribution >= 4 is 11.9 Å². The monoisotopic (exact) mass is 288 g/mol. The van der Waals surface area contributed by atoms with Crippen LogP contribution in [0.15, 0.2) is 0 Å². The molecule has 1 aromatic rings. The minimum atomic E-state index is -0.958. The Morgan fingerprint density at radius 1 is 0.900 bits per heavy atom. The quantitative estimate of drug-likeness (QED) is 0.436. The van der Waals surface area contributed by atoms with E-state index in [9.17, 15) is 20.2 Å². The van der Waals surface area contributed by atoms with Crippen molar-refractivity contribution in [2.45, 2.75) is 27.7 Å². The average Bonchev–Trinajstić information content (AvgIpc) is 2.93. The highest BCUT2D eigenvalue weighted by molar-refractivity contribution is 5.10. The lowest BCUT2D eigenvalue weighted by Gasteiger charge is -2.34. The van der Waals surface area contributed by atoms with Gasteiger partial charge in [0, 0.05) is 10.2 Å². The van der Waals surface area contributed by atoms with E-state index in [1.807, 2.05) is 0 Å². The number of rotatable bonds is 6. The molecule has 0 N–H and O–H groups in total. The smallest absolute Gasteiger partial charge is 0.417 e. The molecule has 0 aromatic carbocycles. The molecule has 1 heterocycles. The summed E-state index contributed by atoms with van der Waals surface area (Å²) in [6.45, 7) is 14.2.